The van der Waals surface area contributed by atoms with Gasteiger partial charge >= 0.3 is 9.17 Å². The van der Waals surface area contributed by atoms with Crippen LogP contribution in [0.3, 0.4) is 0 Å². The molecule has 0 bridgehead atoms. The lowest BCUT2D eigenvalue weighted by atomic mass is 10.7. The zero-order chi connectivity index (χ0) is 7.11. The Balaban J connectivity index is 0.000000148. The van der Waals surface area contributed by atoms with Gasteiger partial charge in [-0.1, -0.05) is 0 Å². The van der Waals surface area contributed by atoms with E-state index in [1.165, 1.54) is 0 Å². The molecule has 1 aromatic heterocycles. The zero-order valence-corrected chi connectivity index (χ0v) is 5.52. The first-order valence-corrected chi connectivity index (χ1v) is 3.43. The number of furan rings is 1. The summed E-state index contributed by atoms with van der Waals surface area (Å²) in [5.41, 5.74) is 0. The standard InChI is InChI=1S/C4H4O.H2O3Si/c1-2-4-5-3-1;1-4(2)3/h1-4H;1-2H. The van der Waals surface area contributed by atoms with Gasteiger partial charge in [0.1, 0.15) is 0 Å². The second kappa shape index (κ2) is 5.04. The highest BCUT2D eigenvalue weighted by Gasteiger charge is 1.85. The fourth-order valence-corrected chi connectivity index (χ4v) is 0.227. The minimum atomic E-state index is -3.13. The second-order valence-corrected chi connectivity index (χ2v) is 1.64. The number of hydrogen-bond donors (Lipinski definition) is 2. The van der Waals surface area contributed by atoms with Crippen LogP contribution in [0.2, 0.25) is 0 Å². The van der Waals surface area contributed by atoms with Crippen molar-refractivity contribution in [2.75, 3.05) is 0 Å². The maximum atomic E-state index is 8.74. The van der Waals surface area contributed by atoms with Crippen LogP contribution in [0, 0.1) is 0 Å². The van der Waals surface area contributed by atoms with Crippen LogP contribution >= 0.6 is 0 Å². The van der Waals surface area contributed by atoms with E-state index in [1.54, 1.807) is 12.5 Å². The van der Waals surface area contributed by atoms with Crippen LogP contribution < -0.4 is 0 Å². The van der Waals surface area contributed by atoms with Crippen molar-refractivity contribution in [3.63, 3.8) is 0 Å². The third-order valence-corrected chi connectivity index (χ3v) is 0.425. The molecule has 0 amide bonds. The van der Waals surface area contributed by atoms with Crippen LogP contribution in [0.15, 0.2) is 29.1 Å². The van der Waals surface area contributed by atoms with Crippen molar-refractivity contribution in [2.24, 2.45) is 0 Å². The van der Waals surface area contributed by atoms with E-state index >= 15 is 0 Å². The summed E-state index contributed by atoms with van der Waals surface area (Å²) in [7, 11) is -3.13. The van der Waals surface area contributed by atoms with Crippen LogP contribution in [0.5, 0.6) is 0 Å². The molecule has 0 saturated carbocycles. The molecule has 0 unspecified atom stereocenters. The summed E-state index contributed by atoms with van der Waals surface area (Å²) in [6.45, 7) is 0. The van der Waals surface area contributed by atoms with Crippen LogP contribution in [0.4, 0.5) is 0 Å². The number of hydrogen-bond acceptors (Lipinski definition) is 2. The summed E-state index contributed by atoms with van der Waals surface area (Å²) in [4.78, 5) is 14.3. The van der Waals surface area contributed by atoms with E-state index in [9.17, 15) is 0 Å². The van der Waals surface area contributed by atoms with Crippen molar-refractivity contribution in [3.8, 4) is 0 Å². The van der Waals surface area contributed by atoms with Crippen molar-refractivity contribution in [1.29, 1.82) is 0 Å². The predicted molar refractivity (Wildman–Crippen MR) is 29.6 cm³/mol. The van der Waals surface area contributed by atoms with E-state index in [2.05, 4.69) is 4.42 Å². The first kappa shape index (κ1) is 7.90. The van der Waals surface area contributed by atoms with Gasteiger partial charge in [-0.25, -0.2) is 0 Å². The second-order valence-electron chi connectivity index (χ2n) is 1.08. The third-order valence-electron chi connectivity index (χ3n) is 0.425. The van der Waals surface area contributed by atoms with Gasteiger partial charge in [0.25, 0.3) is 0 Å². The van der Waals surface area contributed by atoms with Gasteiger partial charge in [-0.05, 0) is 12.1 Å². The smallest absolute Gasteiger partial charge is 0.511 e. The molecule has 0 aliphatic rings. The van der Waals surface area contributed by atoms with Crippen LogP contribution in [-0.2, 0) is 4.46 Å². The van der Waals surface area contributed by atoms with Gasteiger partial charge in [0.15, 0.2) is 0 Å². The van der Waals surface area contributed by atoms with E-state index in [1.807, 2.05) is 12.1 Å². The lowest BCUT2D eigenvalue weighted by molar-refractivity contribution is 0.330. The van der Waals surface area contributed by atoms with Crippen molar-refractivity contribution < 1.29 is 18.5 Å². The molecule has 2 N–H and O–H groups in total. The lowest BCUT2D eigenvalue weighted by Crippen LogP contribution is -1.90. The highest BCUT2D eigenvalue weighted by molar-refractivity contribution is 6.22. The first-order chi connectivity index (χ1) is 4.23. The van der Waals surface area contributed by atoms with E-state index in [4.69, 9.17) is 14.1 Å². The molecule has 0 atom stereocenters. The zero-order valence-electron chi connectivity index (χ0n) is 4.52. The minimum Gasteiger partial charge on any atom is -0.511 e. The molecular weight excluding hydrogens is 140 g/mol. The van der Waals surface area contributed by atoms with Gasteiger partial charge < -0.3 is 14.0 Å². The van der Waals surface area contributed by atoms with Crippen molar-refractivity contribution in [2.45, 2.75) is 0 Å². The molecule has 0 radical (unpaired) electrons. The van der Waals surface area contributed by atoms with Crippen LogP contribution in [-0.4, -0.2) is 18.8 Å². The quantitative estimate of drug-likeness (QED) is 0.491. The van der Waals surface area contributed by atoms with Crippen molar-refractivity contribution in [1.82, 2.24) is 0 Å². The molecule has 0 fully saturated rings. The molecule has 1 heterocycles. The minimum absolute atomic E-state index is 1.62. The summed E-state index contributed by atoms with van der Waals surface area (Å²) in [5.74, 6) is 0. The molecule has 5 heteroatoms. The van der Waals surface area contributed by atoms with Crippen LogP contribution in [0.1, 0.15) is 0 Å². The Kier molecular flexibility index (Phi) is 4.42. The topological polar surface area (TPSA) is 70.7 Å². The van der Waals surface area contributed by atoms with Gasteiger partial charge in [-0.3, -0.25) is 4.46 Å². The maximum Gasteiger partial charge on any atom is 0.761 e. The predicted octanol–water partition coefficient (Wildman–Crippen LogP) is -0.334. The Bertz CT molecular complexity index is 126. The molecule has 0 aliphatic carbocycles. The molecule has 4 nitrogen and oxygen atoms in total. The molecule has 0 saturated heterocycles. The van der Waals surface area contributed by atoms with E-state index in [0.717, 1.165) is 0 Å². The SMILES string of the molecule is O=[Si](O)O.c1ccoc1. The largest absolute Gasteiger partial charge is 0.761 e. The molecule has 1 aromatic rings. The van der Waals surface area contributed by atoms with Gasteiger partial charge in [0.05, 0.1) is 12.5 Å². The Hall–Kier alpha value is -1.10. The average Bonchev–Trinajstić information content (AvgIpc) is 2.11. The van der Waals surface area contributed by atoms with E-state index < -0.39 is 9.17 Å². The molecule has 1 rings (SSSR count). The van der Waals surface area contributed by atoms with Gasteiger partial charge in [0, 0.05) is 0 Å². The van der Waals surface area contributed by atoms with Gasteiger partial charge in [-0.2, -0.15) is 0 Å². The summed E-state index contributed by atoms with van der Waals surface area (Å²) in [6.07, 6.45) is 3.25. The van der Waals surface area contributed by atoms with E-state index in [-0.39, 0.29) is 0 Å². The van der Waals surface area contributed by atoms with Gasteiger partial charge in [0.2, 0.25) is 0 Å². The summed E-state index contributed by atoms with van der Waals surface area (Å²) >= 11 is 0. The van der Waals surface area contributed by atoms with E-state index in [0.29, 0.717) is 0 Å². The number of rotatable bonds is 0. The molecule has 0 spiro atoms. The van der Waals surface area contributed by atoms with Crippen LogP contribution in [0.25, 0.3) is 0 Å². The monoisotopic (exact) mass is 146 g/mol. The van der Waals surface area contributed by atoms with Gasteiger partial charge in [-0.15, -0.1) is 0 Å². The Labute approximate surface area is 53.3 Å². The Morgan fingerprint density at radius 1 is 1.22 bits per heavy atom. The Morgan fingerprint density at radius 2 is 1.56 bits per heavy atom. The normalized spacial score (nSPS) is 7.11. The molecule has 0 aliphatic heterocycles. The third kappa shape index (κ3) is 10.9. The Morgan fingerprint density at radius 3 is 1.67 bits per heavy atom. The summed E-state index contributed by atoms with van der Waals surface area (Å²) in [5, 5.41) is 0. The van der Waals surface area contributed by atoms with Crippen molar-refractivity contribution in [3.05, 3.63) is 24.7 Å². The molecule has 9 heavy (non-hydrogen) atoms. The average molecular weight is 146 g/mol. The highest BCUT2D eigenvalue weighted by Crippen LogP contribution is 1.79. The summed E-state index contributed by atoms with van der Waals surface area (Å²) < 4.78 is 13.3. The summed E-state index contributed by atoms with van der Waals surface area (Å²) in [6, 6.07) is 3.67. The first-order valence-electron chi connectivity index (χ1n) is 2.12. The fraction of sp³-hybridized carbons (Fsp3) is 0. The molecular formula is C4H6O4Si. The molecule has 50 valence electrons. The highest BCUT2D eigenvalue weighted by atomic mass is 28.3. The lowest BCUT2D eigenvalue weighted by Gasteiger charge is -1.55. The maximum absolute atomic E-state index is 8.74. The van der Waals surface area contributed by atoms with Crippen molar-refractivity contribution >= 4 is 9.17 Å². The molecule has 0 aromatic carbocycles. The fourth-order valence-electron chi connectivity index (χ4n) is 0.227.